The third kappa shape index (κ3) is 5.57. The van der Waals surface area contributed by atoms with Crippen LogP contribution in [0.3, 0.4) is 0 Å². The lowest BCUT2D eigenvalue weighted by Crippen LogP contribution is -2.25. The van der Waals surface area contributed by atoms with Crippen LogP contribution in [0.1, 0.15) is 10.4 Å². The van der Waals surface area contributed by atoms with Gasteiger partial charge >= 0.3 is 0 Å². The third-order valence-electron chi connectivity index (χ3n) is 3.01. The molecule has 0 aromatic heterocycles. The summed E-state index contributed by atoms with van der Waals surface area (Å²) in [5.41, 5.74) is 0.439. The Morgan fingerprint density at radius 2 is 1.70 bits per heavy atom. The van der Waals surface area contributed by atoms with E-state index in [2.05, 4.69) is 5.32 Å². The van der Waals surface area contributed by atoms with Gasteiger partial charge in [0.25, 0.3) is 5.91 Å². The number of nitrogens with one attached hydrogen (secondary N) is 1. The molecule has 0 saturated carbocycles. The number of hydrogen-bond donors (Lipinski definition) is 1. The number of carbonyl (C=O) groups is 1. The molecule has 23 heavy (non-hydrogen) atoms. The van der Waals surface area contributed by atoms with Gasteiger partial charge in [0, 0.05) is 34.0 Å². The van der Waals surface area contributed by atoms with Gasteiger partial charge < -0.3 is 5.32 Å². The van der Waals surface area contributed by atoms with Crippen LogP contribution in [0.4, 0.5) is 0 Å². The zero-order valence-corrected chi connectivity index (χ0v) is 14.8. The Morgan fingerprint density at radius 3 is 2.26 bits per heavy atom. The summed E-state index contributed by atoms with van der Waals surface area (Å²) in [6.07, 6.45) is 1.13. The molecule has 0 unspecified atom stereocenters. The number of rotatable bonds is 6. The van der Waals surface area contributed by atoms with E-state index in [-0.39, 0.29) is 10.8 Å². The normalized spacial score (nSPS) is 11.2. The van der Waals surface area contributed by atoms with Crippen LogP contribution in [0, 0.1) is 0 Å². The third-order valence-corrected chi connectivity index (χ3v) is 5.41. The van der Waals surface area contributed by atoms with Gasteiger partial charge in [0.2, 0.25) is 0 Å². The second kappa shape index (κ2) is 7.86. The summed E-state index contributed by atoms with van der Waals surface area (Å²) >= 11 is 7.44. The number of amides is 1. The highest BCUT2D eigenvalue weighted by atomic mass is 35.5. The average molecular weight is 370 g/mol. The van der Waals surface area contributed by atoms with E-state index in [1.165, 1.54) is 24.3 Å². The summed E-state index contributed by atoms with van der Waals surface area (Å²) in [4.78, 5) is 13.3. The lowest BCUT2D eigenvalue weighted by molar-refractivity contribution is 0.0956. The first kappa shape index (κ1) is 17.8. The quantitative estimate of drug-likeness (QED) is 0.627. The predicted octanol–water partition coefficient (Wildman–Crippen LogP) is 3.27. The fraction of sp³-hybridized carbons (Fsp3) is 0.188. The van der Waals surface area contributed by atoms with Gasteiger partial charge in [-0.1, -0.05) is 11.6 Å². The molecule has 2 rings (SSSR count). The molecule has 2 aromatic rings. The van der Waals surface area contributed by atoms with Crippen molar-refractivity contribution in [1.82, 2.24) is 5.32 Å². The first-order valence-corrected chi connectivity index (χ1v) is 10.1. The summed E-state index contributed by atoms with van der Waals surface area (Å²) in [6.45, 7) is 0.514. The van der Waals surface area contributed by atoms with E-state index in [0.29, 0.717) is 17.1 Å². The summed E-state index contributed by atoms with van der Waals surface area (Å²) in [7, 11) is -3.24. The molecule has 0 saturated heterocycles. The van der Waals surface area contributed by atoms with Gasteiger partial charge in [-0.25, -0.2) is 8.42 Å². The number of carbonyl (C=O) groups excluding carboxylic acids is 1. The maximum atomic E-state index is 12.0. The van der Waals surface area contributed by atoms with Crippen LogP contribution in [0.5, 0.6) is 0 Å². The van der Waals surface area contributed by atoms with Crippen LogP contribution >= 0.6 is 23.4 Å². The highest BCUT2D eigenvalue weighted by molar-refractivity contribution is 7.99. The van der Waals surface area contributed by atoms with Crippen molar-refractivity contribution >= 4 is 39.1 Å². The molecule has 0 bridgehead atoms. The van der Waals surface area contributed by atoms with E-state index in [1.807, 2.05) is 24.3 Å². The van der Waals surface area contributed by atoms with E-state index in [0.717, 1.165) is 16.9 Å². The van der Waals surface area contributed by atoms with Crippen molar-refractivity contribution in [3.63, 3.8) is 0 Å². The Kier molecular flexibility index (Phi) is 6.10. The topological polar surface area (TPSA) is 63.2 Å². The Morgan fingerprint density at radius 1 is 1.09 bits per heavy atom. The molecule has 4 nitrogen and oxygen atoms in total. The fourth-order valence-electron chi connectivity index (χ4n) is 1.82. The summed E-state index contributed by atoms with van der Waals surface area (Å²) in [6, 6.07) is 13.4. The first-order chi connectivity index (χ1) is 10.9. The number of sulfone groups is 1. The molecule has 0 atom stereocenters. The van der Waals surface area contributed by atoms with Crippen LogP contribution in [0.25, 0.3) is 0 Å². The number of hydrogen-bond acceptors (Lipinski definition) is 4. The smallest absolute Gasteiger partial charge is 0.251 e. The van der Waals surface area contributed by atoms with E-state index in [9.17, 15) is 13.2 Å². The molecule has 1 amide bonds. The van der Waals surface area contributed by atoms with E-state index < -0.39 is 9.84 Å². The van der Waals surface area contributed by atoms with Gasteiger partial charge in [-0.15, -0.1) is 11.8 Å². The van der Waals surface area contributed by atoms with Crippen LogP contribution in [-0.2, 0) is 9.84 Å². The molecule has 2 aromatic carbocycles. The summed E-state index contributed by atoms with van der Waals surface area (Å²) < 4.78 is 22.7. The summed E-state index contributed by atoms with van der Waals surface area (Å²) in [5, 5.41) is 3.50. The largest absolute Gasteiger partial charge is 0.351 e. The van der Waals surface area contributed by atoms with Crippen LogP contribution in [0.2, 0.25) is 5.02 Å². The van der Waals surface area contributed by atoms with Crippen LogP contribution in [-0.4, -0.2) is 32.9 Å². The number of thioether (sulfide) groups is 1. The van der Waals surface area contributed by atoms with Gasteiger partial charge in [-0.05, 0) is 48.5 Å². The van der Waals surface area contributed by atoms with Gasteiger partial charge in [-0.3, -0.25) is 4.79 Å². The Hall–Kier alpha value is -1.50. The Labute approximate surface area is 145 Å². The summed E-state index contributed by atoms with van der Waals surface area (Å²) in [5.74, 6) is 0.510. The van der Waals surface area contributed by atoms with Gasteiger partial charge in [0.05, 0.1) is 4.90 Å². The van der Waals surface area contributed by atoms with Crippen molar-refractivity contribution in [2.75, 3.05) is 18.6 Å². The van der Waals surface area contributed by atoms with Crippen molar-refractivity contribution in [1.29, 1.82) is 0 Å². The molecule has 0 aliphatic carbocycles. The van der Waals surface area contributed by atoms with Crippen molar-refractivity contribution < 1.29 is 13.2 Å². The minimum absolute atomic E-state index is 0.201. The highest BCUT2D eigenvalue weighted by Gasteiger charge is 2.09. The molecular weight excluding hydrogens is 354 g/mol. The van der Waals surface area contributed by atoms with Crippen molar-refractivity contribution in [3.05, 3.63) is 59.1 Å². The molecule has 0 heterocycles. The molecule has 0 fully saturated rings. The minimum atomic E-state index is -3.24. The first-order valence-electron chi connectivity index (χ1n) is 6.83. The van der Waals surface area contributed by atoms with Crippen LogP contribution < -0.4 is 5.32 Å². The average Bonchev–Trinajstić information content (AvgIpc) is 2.52. The maximum absolute atomic E-state index is 12.0. The highest BCUT2D eigenvalue weighted by Crippen LogP contribution is 2.19. The standard InChI is InChI=1S/C16H16ClNO3S2/c1-23(20,21)15-8-2-12(3-9-15)16(19)18-10-11-22-14-6-4-13(17)5-7-14/h2-9H,10-11H2,1H3,(H,18,19). The molecule has 122 valence electrons. The molecule has 7 heteroatoms. The lowest BCUT2D eigenvalue weighted by Gasteiger charge is -2.06. The van der Waals surface area contributed by atoms with Gasteiger partial charge in [0.15, 0.2) is 9.84 Å². The predicted molar refractivity (Wildman–Crippen MR) is 94.1 cm³/mol. The Balaban J connectivity index is 1.81. The van der Waals surface area contributed by atoms with Crippen molar-refractivity contribution in [3.8, 4) is 0 Å². The zero-order valence-electron chi connectivity index (χ0n) is 12.5. The van der Waals surface area contributed by atoms with Crippen LogP contribution in [0.15, 0.2) is 58.3 Å². The Bertz CT molecular complexity index is 772. The molecule has 1 N–H and O–H groups in total. The maximum Gasteiger partial charge on any atom is 0.251 e. The van der Waals surface area contributed by atoms with Gasteiger partial charge in [0.1, 0.15) is 0 Å². The molecule has 0 radical (unpaired) electrons. The molecule has 0 aliphatic heterocycles. The fourth-order valence-corrected chi connectivity index (χ4v) is 3.34. The molecule has 0 aliphatic rings. The minimum Gasteiger partial charge on any atom is -0.351 e. The molecular formula is C16H16ClNO3S2. The monoisotopic (exact) mass is 369 g/mol. The zero-order chi connectivity index (χ0) is 16.9. The second-order valence-electron chi connectivity index (χ2n) is 4.85. The lowest BCUT2D eigenvalue weighted by atomic mass is 10.2. The van der Waals surface area contributed by atoms with E-state index in [1.54, 1.807) is 11.8 Å². The van der Waals surface area contributed by atoms with E-state index >= 15 is 0 Å². The van der Waals surface area contributed by atoms with Crippen molar-refractivity contribution in [2.24, 2.45) is 0 Å². The number of halogens is 1. The second-order valence-corrected chi connectivity index (χ2v) is 8.48. The molecule has 0 spiro atoms. The van der Waals surface area contributed by atoms with Gasteiger partial charge in [-0.2, -0.15) is 0 Å². The van der Waals surface area contributed by atoms with E-state index in [4.69, 9.17) is 11.6 Å². The number of benzene rings is 2. The van der Waals surface area contributed by atoms with Crippen molar-refractivity contribution in [2.45, 2.75) is 9.79 Å². The SMILES string of the molecule is CS(=O)(=O)c1ccc(C(=O)NCCSc2ccc(Cl)cc2)cc1.